The molecule has 15 heavy (non-hydrogen) atoms. The lowest BCUT2D eigenvalue weighted by Crippen LogP contribution is -2.46. The molecule has 90 valence electrons. The number of nitrogens with one attached hydrogen (secondary N) is 1. The Bertz CT molecular complexity index is 168. The second kappa shape index (κ2) is 6.69. The number of likely N-dealkylation sites (N-methyl/N-ethyl adjacent to an activating group) is 1. The second-order valence-electron chi connectivity index (χ2n) is 4.57. The van der Waals surface area contributed by atoms with Crippen LogP contribution < -0.4 is 5.32 Å². The van der Waals surface area contributed by atoms with Crippen LogP contribution in [0.25, 0.3) is 0 Å². The Morgan fingerprint density at radius 2 is 2.20 bits per heavy atom. The average molecular weight is 235 g/mol. The minimum Gasteiger partial charge on any atom is -0.377 e. The molecule has 0 bridgehead atoms. The molecule has 0 aromatic carbocycles. The van der Waals surface area contributed by atoms with Crippen molar-refractivity contribution in [3.05, 3.63) is 0 Å². The number of rotatable bonds is 3. The molecule has 0 radical (unpaired) electrons. The van der Waals surface area contributed by atoms with E-state index in [2.05, 4.69) is 17.3 Å². The highest BCUT2D eigenvalue weighted by atomic mass is 35.5. The van der Waals surface area contributed by atoms with E-state index < -0.39 is 0 Å². The predicted molar refractivity (Wildman–Crippen MR) is 64.7 cm³/mol. The van der Waals surface area contributed by atoms with E-state index in [9.17, 15) is 0 Å². The number of piperidine rings is 1. The van der Waals surface area contributed by atoms with E-state index in [1.807, 2.05) is 0 Å². The van der Waals surface area contributed by atoms with Gasteiger partial charge in [0.1, 0.15) is 0 Å². The van der Waals surface area contributed by atoms with Gasteiger partial charge in [0.25, 0.3) is 0 Å². The highest BCUT2D eigenvalue weighted by molar-refractivity contribution is 5.85. The van der Waals surface area contributed by atoms with Crippen LogP contribution in [0.5, 0.6) is 0 Å². The largest absolute Gasteiger partial charge is 0.377 e. The zero-order valence-corrected chi connectivity index (χ0v) is 10.4. The summed E-state index contributed by atoms with van der Waals surface area (Å²) in [5, 5.41) is 3.46. The van der Waals surface area contributed by atoms with Gasteiger partial charge in [0, 0.05) is 25.7 Å². The number of halogens is 1. The molecular formula is C11H23ClN2O. The maximum absolute atomic E-state index is 5.65. The summed E-state index contributed by atoms with van der Waals surface area (Å²) in [7, 11) is 2.24. The molecule has 0 spiro atoms. The highest BCUT2D eigenvalue weighted by Crippen LogP contribution is 2.15. The summed E-state index contributed by atoms with van der Waals surface area (Å²) in [6.45, 7) is 4.45. The zero-order valence-electron chi connectivity index (χ0n) is 9.58. The lowest BCUT2D eigenvalue weighted by Gasteiger charge is -2.32. The summed E-state index contributed by atoms with van der Waals surface area (Å²) >= 11 is 0. The Morgan fingerprint density at radius 3 is 2.80 bits per heavy atom. The molecule has 0 aromatic heterocycles. The molecule has 1 unspecified atom stereocenters. The maximum Gasteiger partial charge on any atom is 0.0702 e. The molecule has 0 aromatic rings. The molecular weight excluding hydrogens is 212 g/mol. The molecule has 2 aliphatic rings. The third-order valence-electron chi connectivity index (χ3n) is 3.41. The predicted octanol–water partition coefficient (Wildman–Crippen LogP) is 1.27. The normalized spacial score (nSPS) is 31.6. The Kier molecular flexibility index (Phi) is 5.90. The fourth-order valence-corrected chi connectivity index (χ4v) is 2.47. The minimum absolute atomic E-state index is 0. The maximum atomic E-state index is 5.65. The summed E-state index contributed by atoms with van der Waals surface area (Å²) in [5.41, 5.74) is 0. The SMILES string of the molecule is CN(C[C@@H]1CCCO1)C1CCCNC1.Cl. The van der Waals surface area contributed by atoms with E-state index in [0.29, 0.717) is 6.10 Å². The van der Waals surface area contributed by atoms with Crippen LogP contribution in [-0.4, -0.2) is 50.3 Å². The molecule has 0 aliphatic carbocycles. The van der Waals surface area contributed by atoms with Crippen molar-refractivity contribution in [1.82, 2.24) is 10.2 Å². The average Bonchev–Trinajstić information content (AvgIpc) is 2.72. The van der Waals surface area contributed by atoms with Crippen molar-refractivity contribution in [2.75, 3.05) is 33.3 Å². The van der Waals surface area contributed by atoms with Crippen LogP contribution in [0.3, 0.4) is 0 Å². The monoisotopic (exact) mass is 234 g/mol. The zero-order chi connectivity index (χ0) is 9.80. The molecule has 0 saturated carbocycles. The van der Waals surface area contributed by atoms with E-state index in [-0.39, 0.29) is 12.4 Å². The third-order valence-corrected chi connectivity index (χ3v) is 3.41. The molecule has 2 aliphatic heterocycles. The van der Waals surface area contributed by atoms with Gasteiger partial charge in [-0.15, -0.1) is 12.4 Å². The van der Waals surface area contributed by atoms with Gasteiger partial charge >= 0.3 is 0 Å². The van der Waals surface area contributed by atoms with Crippen molar-refractivity contribution in [3.8, 4) is 0 Å². The highest BCUT2D eigenvalue weighted by Gasteiger charge is 2.22. The van der Waals surface area contributed by atoms with Crippen LogP contribution in [0.1, 0.15) is 25.7 Å². The first-order valence-electron chi connectivity index (χ1n) is 5.89. The molecule has 2 fully saturated rings. The van der Waals surface area contributed by atoms with Gasteiger partial charge in [-0.3, -0.25) is 4.90 Å². The van der Waals surface area contributed by atoms with Crippen molar-refractivity contribution in [2.24, 2.45) is 0 Å². The molecule has 2 heterocycles. The summed E-state index contributed by atoms with van der Waals surface area (Å²) in [6.07, 6.45) is 5.67. The first-order valence-corrected chi connectivity index (χ1v) is 5.89. The molecule has 1 N–H and O–H groups in total. The standard InChI is InChI=1S/C11H22N2O.ClH/c1-13(9-11-5-3-7-14-11)10-4-2-6-12-8-10;/h10-12H,2-9H2,1H3;1H/t10?,11-;/m0./s1. The number of hydrogen-bond acceptors (Lipinski definition) is 3. The second-order valence-corrected chi connectivity index (χ2v) is 4.57. The van der Waals surface area contributed by atoms with Gasteiger partial charge in [0.15, 0.2) is 0 Å². The van der Waals surface area contributed by atoms with Crippen LogP contribution in [0.4, 0.5) is 0 Å². The summed E-state index contributed by atoms with van der Waals surface area (Å²) in [5.74, 6) is 0. The molecule has 0 amide bonds. The topological polar surface area (TPSA) is 24.5 Å². The minimum atomic E-state index is 0. The fourth-order valence-electron chi connectivity index (χ4n) is 2.47. The lowest BCUT2D eigenvalue weighted by atomic mass is 10.1. The van der Waals surface area contributed by atoms with Gasteiger partial charge in [0.05, 0.1) is 6.10 Å². The first-order chi connectivity index (χ1) is 6.86. The van der Waals surface area contributed by atoms with Gasteiger partial charge in [0.2, 0.25) is 0 Å². The van der Waals surface area contributed by atoms with Crippen molar-refractivity contribution in [1.29, 1.82) is 0 Å². The van der Waals surface area contributed by atoms with Gasteiger partial charge in [-0.1, -0.05) is 0 Å². The van der Waals surface area contributed by atoms with Gasteiger partial charge in [-0.05, 0) is 39.3 Å². The smallest absolute Gasteiger partial charge is 0.0702 e. The van der Waals surface area contributed by atoms with E-state index in [1.54, 1.807) is 0 Å². The quantitative estimate of drug-likeness (QED) is 0.796. The van der Waals surface area contributed by atoms with Crippen LogP contribution in [0, 0.1) is 0 Å². The molecule has 2 saturated heterocycles. The van der Waals surface area contributed by atoms with Gasteiger partial charge in [-0.25, -0.2) is 0 Å². The van der Waals surface area contributed by atoms with E-state index >= 15 is 0 Å². The molecule has 3 nitrogen and oxygen atoms in total. The molecule has 4 heteroatoms. The summed E-state index contributed by atoms with van der Waals surface area (Å²) < 4.78 is 5.65. The van der Waals surface area contributed by atoms with Gasteiger partial charge < -0.3 is 10.1 Å². The van der Waals surface area contributed by atoms with Crippen molar-refractivity contribution in [2.45, 2.75) is 37.8 Å². The van der Waals surface area contributed by atoms with Crippen LogP contribution >= 0.6 is 12.4 Å². The molecule has 2 rings (SSSR count). The summed E-state index contributed by atoms with van der Waals surface area (Å²) in [6, 6.07) is 0.730. The van der Waals surface area contributed by atoms with Crippen LogP contribution in [-0.2, 0) is 4.74 Å². The Hall–Kier alpha value is 0.170. The van der Waals surface area contributed by atoms with E-state index in [4.69, 9.17) is 4.74 Å². The first kappa shape index (κ1) is 13.2. The van der Waals surface area contributed by atoms with Crippen molar-refractivity contribution >= 4 is 12.4 Å². The molecule has 2 atom stereocenters. The van der Waals surface area contributed by atoms with E-state index in [1.165, 1.54) is 32.2 Å². The summed E-state index contributed by atoms with van der Waals surface area (Å²) in [4.78, 5) is 2.47. The van der Waals surface area contributed by atoms with Crippen molar-refractivity contribution in [3.63, 3.8) is 0 Å². The van der Waals surface area contributed by atoms with Crippen molar-refractivity contribution < 1.29 is 4.74 Å². The Morgan fingerprint density at radius 1 is 1.33 bits per heavy atom. The Balaban J connectivity index is 0.00000112. The van der Waals surface area contributed by atoms with Crippen LogP contribution in [0.15, 0.2) is 0 Å². The fraction of sp³-hybridized carbons (Fsp3) is 1.00. The Labute approximate surface area is 99.0 Å². The number of ether oxygens (including phenoxy) is 1. The number of hydrogen-bond donors (Lipinski definition) is 1. The number of nitrogens with zero attached hydrogens (tertiary/aromatic N) is 1. The lowest BCUT2D eigenvalue weighted by molar-refractivity contribution is 0.0634. The van der Waals surface area contributed by atoms with E-state index in [0.717, 1.165) is 25.7 Å². The van der Waals surface area contributed by atoms with Gasteiger partial charge in [-0.2, -0.15) is 0 Å². The third kappa shape index (κ3) is 3.91. The van der Waals surface area contributed by atoms with Crippen LogP contribution in [0.2, 0.25) is 0 Å².